The molecule has 0 spiro atoms. The molecule has 94 valence electrons. The van der Waals surface area contributed by atoms with Crippen LogP contribution in [-0.4, -0.2) is 30.1 Å². The zero-order chi connectivity index (χ0) is 13.0. The van der Waals surface area contributed by atoms with Gasteiger partial charge in [-0.15, -0.1) is 0 Å². The highest BCUT2D eigenvalue weighted by molar-refractivity contribution is 5.92. The highest BCUT2D eigenvalue weighted by Gasteiger charge is 2.11. The zero-order valence-corrected chi connectivity index (χ0v) is 10.2. The van der Waals surface area contributed by atoms with E-state index in [4.69, 9.17) is 16.0 Å². The summed E-state index contributed by atoms with van der Waals surface area (Å²) < 4.78 is 4.87. The van der Waals surface area contributed by atoms with E-state index in [0.29, 0.717) is 11.5 Å². The number of nitrogens with one attached hydrogen (secondary N) is 1. The van der Waals surface area contributed by atoms with E-state index in [1.807, 2.05) is 0 Å². The fourth-order valence-corrected chi connectivity index (χ4v) is 1.12. The van der Waals surface area contributed by atoms with Gasteiger partial charge in [0.2, 0.25) is 0 Å². The van der Waals surface area contributed by atoms with Crippen molar-refractivity contribution in [2.75, 3.05) is 14.1 Å². The molecule has 17 heavy (non-hydrogen) atoms. The van der Waals surface area contributed by atoms with Gasteiger partial charge in [0.05, 0.1) is 6.54 Å². The lowest BCUT2D eigenvalue weighted by Crippen LogP contribution is -2.34. The molecule has 0 fully saturated rings. The number of amides is 1. The molecule has 0 aliphatic heterocycles. The highest BCUT2D eigenvalue weighted by Crippen LogP contribution is 2.01. The Balaban J connectivity index is 2.59. The first-order chi connectivity index (χ1) is 7.91. The average Bonchev–Trinajstić information content (AvgIpc) is 2.69. The summed E-state index contributed by atoms with van der Waals surface area (Å²) in [7, 11) is 3.41. The second-order valence-electron chi connectivity index (χ2n) is 3.80. The Bertz CT molecular complexity index is 436. The lowest BCUT2D eigenvalue weighted by atomic mass is 10.3. The minimum atomic E-state index is -0.433. The van der Waals surface area contributed by atoms with Crippen LogP contribution in [0, 0.1) is 6.92 Å². The molecule has 0 bridgehead atoms. The number of nitrogens with zero attached hydrogens (tertiary/aromatic N) is 2. The number of nitrogens with two attached hydrogens (primary N) is 2. The van der Waals surface area contributed by atoms with Crippen LogP contribution in [0.2, 0.25) is 0 Å². The van der Waals surface area contributed by atoms with E-state index in [2.05, 4.69) is 10.5 Å². The third kappa shape index (κ3) is 3.40. The van der Waals surface area contributed by atoms with Crippen LogP contribution in [0.15, 0.2) is 22.1 Å². The Kier molecular flexibility index (Phi) is 3.97. The number of rotatable bonds is 4. The molecule has 1 amide bonds. The first-order valence-corrected chi connectivity index (χ1v) is 5.04. The molecule has 1 rings (SSSR count). The molecule has 1 aromatic rings. The lowest BCUT2D eigenvalue weighted by Gasteiger charge is -2.14. The van der Waals surface area contributed by atoms with Crippen LogP contribution in [0.5, 0.6) is 0 Å². The van der Waals surface area contributed by atoms with Crippen molar-refractivity contribution < 1.29 is 9.32 Å². The summed E-state index contributed by atoms with van der Waals surface area (Å²) in [5.74, 6) is 0.473. The summed E-state index contributed by atoms with van der Waals surface area (Å²) in [4.78, 5) is 13.2. The van der Waals surface area contributed by atoms with Gasteiger partial charge in [0.15, 0.2) is 0 Å². The van der Waals surface area contributed by atoms with Crippen LogP contribution in [0.1, 0.15) is 11.5 Å². The Morgan fingerprint density at radius 1 is 1.53 bits per heavy atom. The van der Waals surface area contributed by atoms with E-state index < -0.39 is 5.91 Å². The quantitative estimate of drug-likeness (QED) is 0.596. The summed E-state index contributed by atoms with van der Waals surface area (Å²) in [6.07, 6.45) is 0. The minimum Gasteiger partial charge on any atom is -0.391 e. The maximum atomic E-state index is 11.6. The molecular weight excluding hydrogens is 222 g/mol. The number of aryl methyl sites for hydroxylation is 1. The van der Waals surface area contributed by atoms with Gasteiger partial charge in [-0.25, -0.2) is 0 Å². The summed E-state index contributed by atoms with van der Waals surface area (Å²) in [6.45, 7) is 2.02. The first-order valence-electron chi connectivity index (χ1n) is 5.04. The van der Waals surface area contributed by atoms with E-state index in [0.717, 1.165) is 0 Å². The Hall–Kier alpha value is -2.18. The highest BCUT2D eigenvalue weighted by atomic mass is 16.5. The van der Waals surface area contributed by atoms with Crippen molar-refractivity contribution >= 4 is 5.91 Å². The summed E-state index contributed by atoms with van der Waals surface area (Å²) >= 11 is 0. The van der Waals surface area contributed by atoms with E-state index >= 15 is 0 Å². The molecule has 0 radical (unpaired) electrons. The first kappa shape index (κ1) is 12.9. The van der Waals surface area contributed by atoms with Gasteiger partial charge in [-0.05, 0) is 6.92 Å². The van der Waals surface area contributed by atoms with Crippen LogP contribution in [0.25, 0.3) is 0 Å². The molecule has 0 saturated carbocycles. The van der Waals surface area contributed by atoms with Gasteiger partial charge >= 0.3 is 0 Å². The second-order valence-corrected chi connectivity index (χ2v) is 3.80. The van der Waals surface area contributed by atoms with E-state index in [-0.39, 0.29) is 18.1 Å². The predicted molar refractivity (Wildman–Crippen MR) is 62.2 cm³/mol. The molecule has 5 N–H and O–H groups in total. The van der Waals surface area contributed by atoms with Crippen molar-refractivity contribution in [1.29, 1.82) is 0 Å². The third-order valence-corrected chi connectivity index (χ3v) is 2.11. The van der Waals surface area contributed by atoms with Gasteiger partial charge in [0.25, 0.3) is 5.91 Å². The lowest BCUT2D eigenvalue weighted by molar-refractivity contribution is -0.117. The third-order valence-electron chi connectivity index (χ3n) is 2.11. The molecule has 7 heteroatoms. The molecule has 1 heterocycles. The second kappa shape index (κ2) is 5.24. The van der Waals surface area contributed by atoms with E-state index in [9.17, 15) is 4.79 Å². The van der Waals surface area contributed by atoms with E-state index in [1.165, 1.54) is 0 Å². The minimum absolute atomic E-state index is 0.0183. The fraction of sp³-hybridized carbons (Fsp3) is 0.400. The van der Waals surface area contributed by atoms with Crippen LogP contribution in [0.4, 0.5) is 0 Å². The molecule has 7 nitrogen and oxygen atoms in total. The predicted octanol–water partition coefficient (Wildman–Crippen LogP) is -0.753. The van der Waals surface area contributed by atoms with Gasteiger partial charge in [0.1, 0.15) is 23.0 Å². The van der Waals surface area contributed by atoms with Crippen molar-refractivity contribution in [1.82, 2.24) is 15.4 Å². The molecule has 0 saturated heterocycles. The molecule has 0 aliphatic carbocycles. The van der Waals surface area contributed by atoms with Crippen molar-refractivity contribution in [3.05, 3.63) is 29.0 Å². The average molecular weight is 239 g/mol. The fourth-order valence-electron chi connectivity index (χ4n) is 1.12. The van der Waals surface area contributed by atoms with Crippen LogP contribution in [0.3, 0.4) is 0 Å². The Morgan fingerprint density at radius 3 is 2.65 bits per heavy atom. The van der Waals surface area contributed by atoms with Gasteiger partial charge < -0.3 is 26.2 Å². The Morgan fingerprint density at radius 2 is 2.18 bits per heavy atom. The molecular formula is C10H17N5O2. The molecule has 0 aliphatic rings. The van der Waals surface area contributed by atoms with Gasteiger partial charge in [0, 0.05) is 20.2 Å². The summed E-state index contributed by atoms with van der Waals surface area (Å²) in [5, 5.41) is 6.34. The van der Waals surface area contributed by atoms with Gasteiger partial charge in [-0.3, -0.25) is 4.79 Å². The number of hydrogen-bond acceptors (Lipinski definition) is 6. The maximum absolute atomic E-state index is 11.6. The topological polar surface area (TPSA) is 110 Å². The molecule has 0 atom stereocenters. The SMILES string of the molecule is Cc1cc(CNC(=O)/C(N)=C(/N)N(C)C)no1. The summed E-state index contributed by atoms with van der Waals surface area (Å²) in [6, 6.07) is 1.73. The number of carbonyl (C=O) groups is 1. The van der Waals surface area contributed by atoms with Gasteiger partial charge in [-0.2, -0.15) is 0 Å². The van der Waals surface area contributed by atoms with Crippen molar-refractivity contribution in [3.8, 4) is 0 Å². The van der Waals surface area contributed by atoms with Crippen molar-refractivity contribution in [2.45, 2.75) is 13.5 Å². The number of aromatic nitrogens is 1. The Labute approximate surface area is 99.4 Å². The zero-order valence-electron chi connectivity index (χ0n) is 10.2. The molecule has 0 unspecified atom stereocenters. The monoisotopic (exact) mass is 239 g/mol. The molecule has 1 aromatic heterocycles. The maximum Gasteiger partial charge on any atom is 0.271 e. The standard InChI is InChI=1S/C10H17N5O2/c1-6-4-7(14-17-6)5-13-10(16)8(11)9(12)15(2)3/h4H,5,11-12H2,1-3H3,(H,13,16)/b9-8+. The van der Waals surface area contributed by atoms with Crippen LogP contribution >= 0.6 is 0 Å². The molecule has 0 aromatic carbocycles. The smallest absolute Gasteiger partial charge is 0.271 e. The van der Waals surface area contributed by atoms with Crippen molar-refractivity contribution in [3.63, 3.8) is 0 Å². The van der Waals surface area contributed by atoms with Crippen molar-refractivity contribution in [2.24, 2.45) is 11.5 Å². The number of hydrogen-bond donors (Lipinski definition) is 3. The van der Waals surface area contributed by atoms with Crippen LogP contribution < -0.4 is 16.8 Å². The normalized spacial score (nSPS) is 11.9. The number of carbonyl (C=O) groups excluding carboxylic acids is 1. The largest absolute Gasteiger partial charge is 0.391 e. The van der Waals surface area contributed by atoms with E-state index in [1.54, 1.807) is 32.0 Å². The summed E-state index contributed by atoms with van der Waals surface area (Å²) in [5.41, 5.74) is 11.8. The van der Waals surface area contributed by atoms with Gasteiger partial charge in [-0.1, -0.05) is 5.16 Å². The van der Waals surface area contributed by atoms with Crippen LogP contribution in [-0.2, 0) is 11.3 Å².